The van der Waals surface area contributed by atoms with Crippen LogP contribution in [-0.4, -0.2) is 9.38 Å². The number of rotatable bonds is 0. The van der Waals surface area contributed by atoms with Gasteiger partial charge in [-0.05, 0) is 0 Å². The average molecular weight is 220 g/mol. The van der Waals surface area contributed by atoms with Gasteiger partial charge in [0.25, 0.3) is 0 Å². The van der Waals surface area contributed by atoms with E-state index in [9.17, 15) is 0 Å². The molecule has 2 aromatic rings. The summed E-state index contributed by atoms with van der Waals surface area (Å²) >= 11 is 0. The molecule has 1 radical (unpaired) electrons. The maximum absolute atomic E-state index is 4.09. The van der Waals surface area contributed by atoms with Crippen molar-refractivity contribution in [3.8, 4) is 0 Å². The molecule has 0 bridgehead atoms. The second-order valence-electron chi connectivity index (χ2n) is 2.29. The minimum absolute atomic E-state index is 0. The van der Waals surface area contributed by atoms with Crippen LogP contribution in [0.15, 0.2) is 24.7 Å². The number of fused-ring (bicyclic) bond motifs is 1. The molecule has 0 aliphatic rings. The van der Waals surface area contributed by atoms with Crippen LogP contribution in [-0.2, 0) is 32.7 Å². The van der Waals surface area contributed by atoms with Gasteiger partial charge in [0.1, 0.15) is 0 Å². The molecule has 0 N–H and O–H groups in total. The maximum atomic E-state index is 4.09. The molecule has 0 unspecified atom stereocenters. The molecule has 0 saturated heterocycles. The van der Waals surface area contributed by atoms with E-state index in [-0.39, 0.29) is 32.7 Å². The largest absolute Gasteiger partial charge is 0.414 e. The Labute approximate surface area is 90.5 Å². The number of hydrogen-bond acceptors (Lipinski definition) is 1. The summed E-state index contributed by atoms with van der Waals surface area (Å²) in [5, 5.41) is 0. The van der Waals surface area contributed by atoms with E-state index in [1.807, 2.05) is 29.8 Å². The molecule has 0 aliphatic heterocycles. The number of imidazole rings is 1. The zero-order chi connectivity index (χ0) is 6.97. The van der Waals surface area contributed by atoms with Crippen molar-refractivity contribution in [3.05, 3.63) is 36.3 Å². The smallest absolute Gasteiger partial charge is 0.0288 e. The fraction of sp³-hybridized carbons (Fsp3) is 0.125. The Kier molecular flexibility index (Phi) is 2.80. The minimum Gasteiger partial charge on any atom is -0.414 e. The van der Waals surface area contributed by atoms with Gasteiger partial charge in [-0.25, -0.2) is 0 Å². The second-order valence-corrected chi connectivity index (χ2v) is 2.29. The van der Waals surface area contributed by atoms with Crippen LogP contribution < -0.4 is 0 Å². The molecule has 3 heteroatoms. The van der Waals surface area contributed by atoms with Crippen molar-refractivity contribution in [1.82, 2.24) is 9.38 Å². The van der Waals surface area contributed by atoms with Crippen LogP contribution in [0.4, 0.5) is 0 Å². The first-order chi connectivity index (χ1) is 4.86. The van der Waals surface area contributed by atoms with E-state index >= 15 is 0 Å². The summed E-state index contributed by atoms with van der Waals surface area (Å²) in [7, 11) is 0. The van der Waals surface area contributed by atoms with Crippen molar-refractivity contribution in [2.75, 3.05) is 0 Å². The van der Waals surface area contributed by atoms with Gasteiger partial charge in [-0.1, -0.05) is 13.1 Å². The molecule has 0 fully saturated rings. The number of aromatic nitrogens is 2. The van der Waals surface area contributed by atoms with Gasteiger partial charge in [0.2, 0.25) is 0 Å². The first-order valence-electron chi connectivity index (χ1n) is 3.17. The van der Waals surface area contributed by atoms with E-state index in [0.717, 1.165) is 11.2 Å². The number of hydrogen-bond donors (Lipinski definition) is 0. The molecule has 0 atom stereocenters. The van der Waals surface area contributed by atoms with Crippen LogP contribution >= 0.6 is 0 Å². The van der Waals surface area contributed by atoms with Crippen LogP contribution in [0.25, 0.3) is 5.65 Å². The van der Waals surface area contributed by atoms with Crippen molar-refractivity contribution < 1.29 is 32.7 Å². The Balaban J connectivity index is 0.000000605. The van der Waals surface area contributed by atoms with Gasteiger partial charge in [0.05, 0.1) is 0 Å². The third-order valence-corrected chi connectivity index (χ3v) is 1.46. The Hall–Kier alpha value is -0.206. The summed E-state index contributed by atoms with van der Waals surface area (Å²) in [6.07, 6.45) is 5.71. The minimum atomic E-state index is 0. The molecule has 0 aromatic carbocycles. The molecule has 2 aromatic heterocycles. The summed E-state index contributed by atoms with van der Waals surface area (Å²) < 4.78 is 1.98. The number of pyridine rings is 1. The maximum Gasteiger partial charge on any atom is 0.0288 e. The average Bonchev–Trinajstić information content (AvgIpc) is 2.33. The molecular weight excluding hydrogens is 213 g/mol. The zero-order valence-corrected chi connectivity index (χ0v) is 9.12. The van der Waals surface area contributed by atoms with Crippen LogP contribution in [0.2, 0.25) is 0 Å². The molecule has 0 spiro atoms. The predicted octanol–water partition coefficient (Wildman–Crippen LogP) is 1.44. The zero-order valence-electron chi connectivity index (χ0n) is 6.28. The topological polar surface area (TPSA) is 17.3 Å². The predicted molar refractivity (Wildman–Crippen MR) is 38.8 cm³/mol. The SMILES string of the molecule is Cc1[c-]cc2nccn2c1.[Y]. The van der Waals surface area contributed by atoms with E-state index in [1.54, 1.807) is 6.20 Å². The summed E-state index contributed by atoms with van der Waals surface area (Å²) in [6.45, 7) is 2.01. The molecule has 2 rings (SSSR count). The first-order valence-corrected chi connectivity index (χ1v) is 3.17. The van der Waals surface area contributed by atoms with Gasteiger partial charge in [0, 0.05) is 50.8 Å². The van der Waals surface area contributed by atoms with Gasteiger partial charge in [-0.2, -0.15) is 6.07 Å². The Bertz CT molecular complexity index is 354. The Morgan fingerprint density at radius 1 is 1.55 bits per heavy atom. The molecular formula is C8H7N2Y-. The third kappa shape index (κ3) is 1.68. The van der Waals surface area contributed by atoms with Crippen LogP contribution in [0.3, 0.4) is 0 Å². The van der Waals surface area contributed by atoms with Crippen LogP contribution in [0.1, 0.15) is 5.56 Å². The summed E-state index contributed by atoms with van der Waals surface area (Å²) in [4.78, 5) is 4.09. The second kappa shape index (κ2) is 3.46. The summed E-state index contributed by atoms with van der Waals surface area (Å²) in [6, 6.07) is 4.96. The number of aryl methyl sites for hydroxylation is 1. The standard InChI is InChI=1S/C8H7N2.Y/c1-7-2-3-8-9-4-5-10(8)6-7;/h3-6H,1H3;/q-1;. The van der Waals surface area contributed by atoms with Crippen molar-refractivity contribution in [1.29, 1.82) is 0 Å². The van der Waals surface area contributed by atoms with Crippen molar-refractivity contribution in [3.63, 3.8) is 0 Å². The Morgan fingerprint density at radius 3 is 3.18 bits per heavy atom. The van der Waals surface area contributed by atoms with Gasteiger partial charge < -0.3 is 9.38 Å². The van der Waals surface area contributed by atoms with Crippen molar-refractivity contribution in [2.45, 2.75) is 6.92 Å². The molecule has 11 heavy (non-hydrogen) atoms. The van der Waals surface area contributed by atoms with Gasteiger partial charge in [-0.15, -0.1) is 11.6 Å². The van der Waals surface area contributed by atoms with E-state index in [2.05, 4.69) is 11.1 Å². The van der Waals surface area contributed by atoms with Gasteiger partial charge in [0.15, 0.2) is 0 Å². The number of nitrogens with zero attached hydrogens (tertiary/aromatic N) is 2. The fourth-order valence-electron chi connectivity index (χ4n) is 0.970. The van der Waals surface area contributed by atoms with E-state index in [1.165, 1.54) is 0 Å². The monoisotopic (exact) mass is 220 g/mol. The van der Waals surface area contributed by atoms with E-state index < -0.39 is 0 Å². The van der Waals surface area contributed by atoms with E-state index in [0.29, 0.717) is 0 Å². The molecule has 0 aliphatic carbocycles. The Morgan fingerprint density at radius 2 is 2.36 bits per heavy atom. The molecule has 2 heterocycles. The molecule has 2 nitrogen and oxygen atoms in total. The van der Waals surface area contributed by atoms with Crippen molar-refractivity contribution >= 4 is 5.65 Å². The molecule has 0 amide bonds. The van der Waals surface area contributed by atoms with Gasteiger partial charge in [-0.3, -0.25) is 0 Å². The summed E-state index contributed by atoms with van der Waals surface area (Å²) in [5.41, 5.74) is 2.08. The molecule has 0 saturated carbocycles. The van der Waals surface area contributed by atoms with Crippen LogP contribution in [0, 0.1) is 13.0 Å². The van der Waals surface area contributed by atoms with Crippen molar-refractivity contribution in [2.24, 2.45) is 0 Å². The fourth-order valence-corrected chi connectivity index (χ4v) is 0.970. The van der Waals surface area contributed by atoms with Crippen LogP contribution in [0.5, 0.6) is 0 Å². The molecule has 53 valence electrons. The summed E-state index contributed by atoms with van der Waals surface area (Å²) in [5.74, 6) is 0. The third-order valence-electron chi connectivity index (χ3n) is 1.46. The normalized spacial score (nSPS) is 9.55. The van der Waals surface area contributed by atoms with E-state index in [4.69, 9.17) is 0 Å². The van der Waals surface area contributed by atoms with Gasteiger partial charge >= 0.3 is 0 Å². The quantitative estimate of drug-likeness (QED) is 0.614. The first kappa shape index (κ1) is 8.89.